The van der Waals surface area contributed by atoms with E-state index in [1.54, 1.807) is 29.3 Å². The van der Waals surface area contributed by atoms with Crippen LogP contribution in [0, 0.1) is 6.92 Å². The number of aryl methyl sites for hydroxylation is 2. The van der Waals surface area contributed by atoms with Crippen molar-refractivity contribution < 1.29 is 9.21 Å². The van der Waals surface area contributed by atoms with Gasteiger partial charge in [0.1, 0.15) is 5.69 Å². The van der Waals surface area contributed by atoms with Crippen LogP contribution in [0.4, 0.5) is 5.69 Å². The Morgan fingerprint density at radius 1 is 1.06 bits per heavy atom. The van der Waals surface area contributed by atoms with E-state index >= 15 is 0 Å². The van der Waals surface area contributed by atoms with Crippen LogP contribution in [-0.4, -0.2) is 25.7 Å². The van der Waals surface area contributed by atoms with E-state index < -0.39 is 0 Å². The first-order valence-corrected chi connectivity index (χ1v) is 10.5. The van der Waals surface area contributed by atoms with Gasteiger partial charge in [-0.25, -0.2) is 4.98 Å². The lowest BCUT2D eigenvalue weighted by Gasteiger charge is -2.09. The van der Waals surface area contributed by atoms with Gasteiger partial charge in [-0.1, -0.05) is 24.3 Å². The number of rotatable bonds is 5. The van der Waals surface area contributed by atoms with Crippen LogP contribution in [0.1, 0.15) is 27.3 Å². The predicted octanol–water partition coefficient (Wildman–Crippen LogP) is 5.35. The summed E-state index contributed by atoms with van der Waals surface area (Å²) in [6.07, 6.45) is 7.23. The molecule has 0 saturated heterocycles. The number of aromatic nitrogens is 4. The van der Waals surface area contributed by atoms with Gasteiger partial charge in [0.25, 0.3) is 5.91 Å². The van der Waals surface area contributed by atoms with Crippen molar-refractivity contribution in [3.63, 3.8) is 0 Å². The number of furan rings is 1. The highest BCUT2D eigenvalue weighted by Crippen LogP contribution is 2.28. The molecule has 5 aromatic rings. The zero-order valence-corrected chi connectivity index (χ0v) is 18.2. The molecule has 7 nitrogen and oxygen atoms in total. The molecule has 33 heavy (non-hydrogen) atoms. The van der Waals surface area contributed by atoms with Crippen molar-refractivity contribution in [3.8, 4) is 11.5 Å². The molecule has 4 heterocycles. The minimum absolute atomic E-state index is 0.239. The van der Waals surface area contributed by atoms with Crippen molar-refractivity contribution in [1.29, 1.82) is 0 Å². The first kappa shape index (κ1) is 20.4. The predicted molar refractivity (Wildman–Crippen MR) is 129 cm³/mol. The SMILES string of the molecule is Cc1nn(C)c2nc(-c3ccco3)cc(C(=O)Nc3cccc(/C=C/c4ccccn4)c3)c12. The Morgan fingerprint density at radius 3 is 2.76 bits per heavy atom. The maximum absolute atomic E-state index is 13.4. The van der Waals surface area contributed by atoms with E-state index in [9.17, 15) is 4.79 Å². The molecule has 0 spiro atoms. The summed E-state index contributed by atoms with van der Waals surface area (Å²) in [6, 6.07) is 18.8. The number of nitrogens with zero attached hydrogens (tertiary/aromatic N) is 4. The maximum Gasteiger partial charge on any atom is 0.256 e. The monoisotopic (exact) mass is 435 g/mol. The van der Waals surface area contributed by atoms with Crippen LogP contribution < -0.4 is 5.32 Å². The van der Waals surface area contributed by atoms with E-state index in [1.165, 1.54) is 0 Å². The molecule has 7 heteroatoms. The molecule has 0 radical (unpaired) electrons. The Bertz CT molecular complexity index is 1470. The fourth-order valence-corrected chi connectivity index (χ4v) is 3.75. The van der Waals surface area contributed by atoms with Crippen LogP contribution in [0.25, 0.3) is 34.6 Å². The summed E-state index contributed by atoms with van der Waals surface area (Å²) in [7, 11) is 1.81. The van der Waals surface area contributed by atoms with E-state index in [0.717, 1.165) is 22.3 Å². The van der Waals surface area contributed by atoms with Gasteiger partial charge < -0.3 is 9.73 Å². The molecule has 0 aliphatic heterocycles. The van der Waals surface area contributed by atoms with Gasteiger partial charge in [0, 0.05) is 18.9 Å². The van der Waals surface area contributed by atoms with Crippen molar-refractivity contribution in [2.24, 2.45) is 7.05 Å². The first-order chi connectivity index (χ1) is 16.1. The Morgan fingerprint density at radius 2 is 1.97 bits per heavy atom. The van der Waals surface area contributed by atoms with Gasteiger partial charge in [0.05, 0.1) is 28.6 Å². The second-order valence-corrected chi connectivity index (χ2v) is 7.61. The van der Waals surface area contributed by atoms with Crippen LogP contribution >= 0.6 is 0 Å². The van der Waals surface area contributed by atoms with E-state index in [1.807, 2.05) is 74.7 Å². The third-order valence-electron chi connectivity index (χ3n) is 5.27. The van der Waals surface area contributed by atoms with Gasteiger partial charge in [0.15, 0.2) is 11.4 Å². The Hall–Kier alpha value is -4.52. The Balaban J connectivity index is 1.48. The molecule has 0 saturated carbocycles. The zero-order valence-electron chi connectivity index (χ0n) is 18.2. The summed E-state index contributed by atoms with van der Waals surface area (Å²) in [4.78, 5) is 22.3. The van der Waals surface area contributed by atoms with Gasteiger partial charge in [-0.3, -0.25) is 14.5 Å². The number of anilines is 1. The molecular formula is C26H21N5O2. The number of benzene rings is 1. The second kappa shape index (κ2) is 8.55. The third kappa shape index (κ3) is 4.16. The minimum Gasteiger partial charge on any atom is -0.463 e. The first-order valence-electron chi connectivity index (χ1n) is 10.5. The number of hydrogen-bond donors (Lipinski definition) is 1. The number of carbonyl (C=O) groups is 1. The lowest BCUT2D eigenvalue weighted by molar-refractivity contribution is 0.102. The molecule has 0 atom stereocenters. The van der Waals surface area contributed by atoms with Gasteiger partial charge in [0.2, 0.25) is 0 Å². The third-order valence-corrected chi connectivity index (χ3v) is 5.27. The molecule has 1 N–H and O–H groups in total. The summed E-state index contributed by atoms with van der Waals surface area (Å²) in [6.45, 7) is 1.87. The molecule has 1 amide bonds. The number of amides is 1. The highest BCUT2D eigenvalue weighted by atomic mass is 16.3. The van der Waals surface area contributed by atoms with Crippen molar-refractivity contribution in [2.45, 2.75) is 6.92 Å². The topological polar surface area (TPSA) is 85.8 Å². The van der Waals surface area contributed by atoms with E-state index in [4.69, 9.17) is 4.42 Å². The number of nitrogens with one attached hydrogen (secondary N) is 1. The molecule has 162 valence electrons. The summed E-state index contributed by atoms with van der Waals surface area (Å²) < 4.78 is 7.19. The van der Waals surface area contributed by atoms with Gasteiger partial charge >= 0.3 is 0 Å². The summed E-state index contributed by atoms with van der Waals surface area (Å²) in [5.41, 5.74) is 4.94. The van der Waals surface area contributed by atoms with Crippen LogP contribution in [0.15, 0.2) is 77.5 Å². The van der Waals surface area contributed by atoms with Crippen LogP contribution in [0.3, 0.4) is 0 Å². The quantitative estimate of drug-likeness (QED) is 0.402. The highest BCUT2D eigenvalue weighted by molar-refractivity contribution is 6.13. The standard InChI is InChI=1S/C26H21N5O2/c1-17-24-21(16-22(23-10-6-14-33-23)29-25(24)31(2)30-17)26(32)28-20-9-5-7-18(15-20)11-12-19-8-3-4-13-27-19/h3-16H,1-2H3,(H,28,32)/b12-11+. The van der Waals surface area contributed by atoms with Crippen LogP contribution in [-0.2, 0) is 7.05 Å². The maximum atomic E-state index is 13.4. The smallest absolute Gasteiger partial charge is 0.256 e. The average molecular weight is 435 g/mol. The molecule has 0 bridgehead atoms. The van der Waals surface area contributed by atoms with Crippen molar-refractivity contribution in [2.75, 3.05) is 5.32 Å². The molecule has 0 aliphatic rings. The molecule has 0 fully saturated rings. The zero-order chi connectivity index (χ0) is 22.8. The van der Waals surface area contributed by atoms with Crippen LogP contribution in [0.5, 0.6) is 0 Å². The number of carbonyl (C=O) groups excluding carboxylic acids is 1. The average Bonchev–Trinajstić information content (AvgIpc) is 3.47. The molecule has 1 aromatic carbocycles. The van der Waals surface area contributed by atoms with E-state index in [0.29, 0.717) is 28.4 Å². The van der Waals surface area contributed by atoms with Gasteiger partial charge in [-0.15, -0.1) is 0 Å². The highest BCUT2D eigenvalue weighted by Gasteiger charge is 2.20. The molecule has 0 aliphatic carbocycles. The number of fused-ring (bicyclic) bond motifs is 1. The van der Waals surface area contributed by atoms with Gasteiger partial charge in [-0.2, -0.15) is 5.10 Å². The molecule has 4 aromatic heterocycles. The van der Waals surface area contributed by atoms with E-state index in [-0.39, 0.29) is 5.91 Å². The summed E-state index contributed by atoms with van der Waals surface area (Å²) in [5, 5.41) is 8.19. The molecule has 5 rings (SSSR count). The van der Waals surface area contributed by atoms with Crippen LogP contribution in [0.2, 0.25) is 0 Å². The lowest BCUT2D eigenvalue weighted by atomic mass is 10.1. The van der Waals surface area contributed by atoms with E-state index in [2.05, 4.69) is 20.4 Å². The lowest BCUT2D eigenvalue weighted by Crippen LogP contribution is -2.13. The summed E-state index contributed by atoms with van der Waals surface area (Å²) >= 11 is 0. The largest absolute Gasteiger partial charge is 0.463 e. The Labute approximate surface area is 190 Å². The molecule has 0 unspecified atom stereocenters. The van der Waals surface area contributed by atoms with Crippen molar-refractivity contribution in [1.82, 2.24) is 19.7 Å². The second-order valence-electron chi connectivity index (χ2n) is 7.61. The summed E-state index contributed by atoms with van der Waals surface area (Å²) in [5.74, 6) is 0.351. The Kier molecular flexibility index (Phi) is 5.28. The minimum atomic E-state index is -0.239. The van der Waals surface area contributed by atoms with Crippen molar-refractivity contribution in [3.05, 3.63) is 95.6 Å². The number of pyridine rings is 2. The number of hydrogen-bond acceptors (Lipinski definition) is 5. The molecular weight excluding hydrogens is 414 g/mol. The van der Waals surface area contributed by atoms with Gasteiger partial charge in [-0.05, 0) is 61.0 Å². The fraction of sp³-hybridized carbons (Fsp3) is 0.0769. The fourth-order valence-electron chi connectivity index (χ4n) is 3.75. The van der Waals surface area contributed by atoms with Crippen molar-refractivity contribution >= 4 is 34.8 Å². The normalized spacial score (nSPS) is 11.3.